The van der Waals surface area contributed by atoms with Crippen molar-refractivity contribution in [3.63, 3.8) is 0 Å². The number of benzene rings is 9. The summed E-state index contributed by atoms with van der Waals surface area (Å²) >= 11 is 0. The molecule has 0 bridgehead atoms. The van der Waals surface area contributed by atoms with E-state index in [4.69, 9.17) is 0 Å². The third-order valence-electron chi connectivity index (χ3n) is 11.4. The van der Waals surface area contributed by atoms with Gasteiger partial charge in [-0.25, -0.2) is 4.39 Å². The summed E-state index contributed by atoms with van der Waals surface area (Å²) in [5.74, 6) is -0.261. The third-order valence-corrected chi connectivity index (χ3v) is 11.4. The second kappa shape index (κ2) is 13.4. The second-order valence-corrected chi connectivity index (χ2v) is 14.7. The van der Waals surface area contributed by atoms with Gasteiger partial charge in [-0.15, -0.1) is 0 Å². The molecule has 0 radical (unpaired) electrons. The van der Waals surface area contributed by atoms with Crippen LogP contribution in [0.4, 0.5) is 4.39 Å². The minimum absolute atomic E-state index is 0.261. The van der Waals surface area contributed by atoms with Crippen LogP contribution in [0.2, 0.25) is 0 Å². The van der Waals surface area contributed by atoms with E-state index in [9.17, 15) is 0 Å². The molecule has 0 amide bonds. The number of aromatic nitrogens is 2. The molecule has 11 rings (SSSR count). The van der Waals surface area contributed by atoms with Gasteiger partial charge in [0.05, 0.1) is 27.8 Å². The lowest BCUT2D eigenvalue weighted by Gasteiger charge is -2.12. The second-order valence-electron chi connectivity index (χ2n) is 14.7. The Kier molecular flexibility index (Phi) is 7.71. The molecule has 57 heavy (non-hydrogen) atoms. The maximum Gasteiger partial charge on any atom is 0.147 e. The smallest absolute Gasteiger partial charge is 0.147 e. The molecular formula is C54H35FN2. The van der Waals surface area contributed by atoms with Crippen molar-refractivity contribution >= 4 is 43.6 Å². The van der Waals surface area contributed by atoms with Gasteiger partial charge in [-0.2, -0.15) is 0 Å². The van der Waals surface area contributed by atoms with Crippen molar-refractivity contribution in [1.29, 1.82) is 0 Å². The van der Waals surface area contributed by atoms with Gasteiger partial charge in [-0.05, 0) is 105 Å². The lowest BCUT2D eigenvalue weighted by atomic mass is 10.00. The molecule has 0 atom stereocenters. The number of hydrogen-bond acceptors (Lipinski definition) is 0. The van der Waals surface area contributed by atoms with Crippen molar-refractivity contribution in [2.45, 2.75) is 0 Å². The monoisotopic (exact) mass is 730 g/mol. The Morgan fingerprint density at radius 3 is 1.19 bits per heavy atom. The van der Waals surface area contributed by atoms with E-state index in [-0.39, 0.29) is 5.82 Å². The van der Waals surface area contributed by atoms with Crippen LogP contribution in [0.5, 0.6) is 0 Å². The molecule has 0 unspecified atom stereocenters. The lowest BCUT2D eigenvalue weighted by molar-refractivity contribution is 0.621. The number of fused-ring (bicyclic) bond motifs is 6. The minimum atomic E-state index is -0.261. The van der Waals surface area contributed by atoms with Crippen LogP contribution in [-0.4, -0.2) is 9.13 Å². The summed E-state index contributed by atoms with van der Waals surface area (Å²) < 4.78 is 20.4. The number of hydrogen-bond donors (Lipinski definition) is 0. The Labute approximate surface area is 330 Å². The highest BCUT2D eigenvalue weighted by atomic mass is 19.1. The maximum atomic E-state index is 16.0. The van der Waals surface area contributed by atoms with Crippen molar-refractivity contribution in [1.82, 2.24) is 9.13 Å². The molecule has 268 valence electrons. The van der Waals surface area contributed by atoms with Crippen LogP contribution in [0.25, 0.3) is 99.5 Å². The van der Waals surface area contributed by atoms with Gasteiger partial charge in [-0.3, -0.25) is 0 Å². The average molecular weight is 731 g/mol. The summed E-state index contributed by atoms with van der Waals surface area (Å²) in [5.41, 5.74) is 14.9. The predicted octanol–water partition coefficient (Wildman–Crippen LogP) is 14.7. The van der Waals surface area contributed by atoms with Crippen LogP contribution < -0.4 is 0 Å². The number of para-hydroxylation sites is 2. The molecule has 2 aromatic heterocycles. The van der Waals surface area contributed by atoms with E-state index in [0.29, 0.717) is 5.69 Å². The molecule has 0 N–H and O–H groups in total. The van der Waals surface area contributed by atoms with E-state index in [1.807, 2.05) is 24.3 Å². The van der Waals surface area contributed by atoms with Crippen molar-refractivity contribution in [3.05, 3.63) is 218 Å². The Balaban J connectivity index is 1.00. The molecule has 0 aliphatic carbocycles. The molecular weight excluding hydrogens is 696 g/mol. The van der Waals surface area contributed by atoms with E-state index in [1.165, 1.54) is 33.0 Å². The van der Waals surface area contributed by atoms with E-state index < -0.39 is 0 Å². The number of rotatable bonds is 6. The molecule has 0 fully saturated rings. The zero-order valence-corrected chi connectivity index (χ0v) is 31.0. The van der Waals surface area contributed by atoms with Gasteiger partial charge in [0.1, 0.15) is 5.82 Å². The summed E-state index contributed by atoms with van der Waals surface area (Å²) in [7, 11) is 0. The maximum absolute atomic E-state index is 16.0. The summed E-state index contributed by atoms with van der Waals surface area (Å²) in [5, 5.41) is 4.59. The first-order valence-electron chi connectivity index (χ1n) is 19.4. The standard InChI is InChI=1S/C54H35FN2/c55-49-30-25-43(40-21-19-38(20-22-40)36-11-3-1-4-12-36)35-54(49)57-51-18-10-8-16-46(51)48-34-42(27-32-53(48)57)41-26-31-52-47(33-41)45-15-7-9-17-50(45)56(52)44-28-23-39(24-29-44)37-13-5-2-6-14-37/h1-35H. The topological polar surface area (TPSA) is 9.86 Å². The zero-order valence-electron chi connectivity index (χ0n) is 31.0. The van der Waals surface area contributed by atoms with E-state index >= 15 is 4.39 Å². The number of nitrogens with zero attached hydrogens (tertiary/aromatic N) is 2. The molecule has 0 saturated heterocycles. The van der Waals surface area contributed by atoms with Gasteiger partial charge >= 0.3 is 0 Å². The van der Waals surface area contributed by atoms with Crippen molar-refractivity contribution < 1.29 is 4.39 Å². The van der Waals surface area contributed by atoms with Crippen LogP contribution in [0, 0.1) is 5.82 Å². The van der Waals surface area contributed by atoms with Gasteiger partial charge in [0, 0.05) is 27.2 Å². The Hall–Kier alpha value is -7.49. The highest BCUT2D eigenvalue weighted by Gasteiger charge is 2.18. The van der Waals surface area contributed by atoms with Gasteiger partial charge < -0.3 is 9.13 Å². The van der Waals surface area contributed by atoms with Crippen molar-refractivity contribution in [2.75, 3.05) is 0 Å². The van der Waals surface area contributed by atoms with E-state index in [1.54, 1.807) is 6.07 Å². The highest BCUT2D eigenvalue weighted by Crippen LogP contribution is 2.39. The van der Waals surface area contributed by atoms with E-state index in [2.05, 4.69) is 191 Å². The fraction of sp³-hybridized carbons (Fsp3) is 0. The minimum Gasteiger partial charge on any atom is -0.309 e. The van der Waals surface area contributed by atoms with E-state index in [0.717, 1.165) is 60.8 Å². The summed E-state index contributed by atoms with van der Waals surface area (Å²) in [6.45, 7) is 0. The summed E-state index contributed by atoms with van der Waals surface area (Å²) in [4.78, 5) is 0. The molecule has 3 heteroatoms. The van der Waals surface area contributed by atoms with Crippen LogP contribution in [0.3, 0.4) is 0 Å². The molecule has 2 nitrogen and oxygen atoms in total. The summed E-state index contributed by atoms with van der Waals surface area (Å²) in [6.07, 6.45) is 0. The quantitative estimate of drug-likeness (QED) is 0.161. The predicted molar refractivity (Wildman–Crippen MR) is 237 cm³/mol. The van der Waals surface area contributed by atoms with Crippen LogP contribution in [-0.2, 0) is 0 Å². The van der Waals surface area contributed by atoms with Crippen LogP contribution >= 0.6 is 0 Å². The first-order valence-corrected chi connectivity index (χ1v) is 19.4. The van der Waals surface area contributed by atoms with Gasteiger partial charge in [0.2, 0.25) is 0 Å². The lowest BCUT2D eigenvalue weighted by Crippen LogP contribution is -1.98. The molecule has 9 aromatic carbocycles. The van der Waals surface area contributed by atoms with Gasteiger partial charge in [0.25, 0.3) is 0 Å². The number of halogens is 1. The van der Waals surface area contributed by atoms with Crippen molar-refractivity contribution in [2.24, 2.45) is 0 Å². The molecule has 0 aliphatic rings. The zero-order chi connectivity index (χ0) is 37.9. The van der Waals surface area contributed by atoms with Gasteiger partial charge in [-0.1, -0.05) is 152 Å². The molecule has 0 aliphatic heterocycles. The SMILES string of the molecule is Fc1ccc(-c2ccc(-c3ccccc3)cc2)cc1-n1c2ccccc2c2cc(-c3ccc4c(c3)c3ccccc3n4-c3ccc(-c4ccccc4)cc3)ccc21. The fourth-order valence-electron chi connectivity index (χ4n) is 8.63. The molecule has 0 saturated carbocycles. The Morgan fingerprint density at radius 2 is 0.632 bits per heavy atom. The summed E-state index contributed by atoms with van der Waals surface area (Å²) in [6, 6.07) is 74.0. The average Bonchev–Trinajstić information content (AvgIpc) is 3.79. The Morgan fingerprint density at radius 1 is 0.263 bits per heavy atom. The van der Waals surface area contributed by atoms with Crippen LogP contribution in [0.15, 0.2) is 212 Å². The molecule has 2 heterocycles. The Bertz CT molecular complexity index is 3260. The van der Waals surface area contributed by atoms with Gasteiger partial charge in [0.15, 0.2) is 0 Å². The largest absolute Gasteiger partial charge is 0.309 e. The fourth-order valence-corrected chi connectivity index (χ4v) is 8.63. The first-order chi connectivity index (χ1) is 28.2. The highest BCUT2D eigenvalue weighted by molar-refractivity contribution is 6.12. The molecule has 0 spiro atoms. The van der Waals surface area contributed by atoms with Crippen molar-refractivity contribution in [3.8, 4) is 55.9 Å². The van der Waals surface area contributed by atoms with Crippen LogP contribution in [0.1, 0.15) is 0 Å². The third kappa shape index (κ3) is 5.55. The first kappa shape index (κ1) is 32.9. The normalized spacial score (nSPS) is 11.6. The molecule has 11 aromatic rings.